The zero-order valence-electron chi connectivity index (χ0n) is 27.8. The van der Waals surface area contributed by atoms with Crippen LogP contribution in [-0.4, -0.2) is 94.4 Å². The van der Waals surface area contributed by atoms with E-state index in [1.165, 1.54) is 12.3 Å². The Hall–Kier alpha value is -3.84. The molecule has 1 saturated heterocycles. The minimum Gasteiger partial charge on any atom is -0.480 e. The summed E-state index contributed by atoms with van der Waals surface area (Å²) in [6.45, 7) is 6.08. The normalized spacial score (nSPS) is 19.2. The summed E-state index contributed by atoms with van der Waals surface area (Å²) in [7, 11) is 3.65. The number of aliphatic carboxylic acids is 1. The fourth-order valence-corrected chi connectivity index (χ4v) is 7.01. The maximum atomic E-state index is 14.0. The molecule has 1 aromatic heterocycles. The minimum absolute atomic E-state index is 0.0104. The predicted molar refractivity (Wildman–Crippen MR) is 177 cm³/mol. The summed E-state index contributed by atoms with van der Waals surface area (Å²) in [4.78, 5) is 72.6. The molecule has 1 aliphatic carbocycles. The van der Waals surface area contributed by atoms with Crippen molar-refractivity contribution in [1.29, 1.82) is 0 Å². The third-order valence-corrected chi connectivity index (χ3v) is 9.96. The lowest BCUT2D eigenvalue weighted by atomic mass is 9.95. The number of hydrogen-bond acceptors (Lipinski definition) is 9. The molecule has 3 N–H and O–H groups in total. The lowest BCUT2D eigenvalue weighted by Crippen LogP contribution is -2.56. The molecule has 0 radical (unpaired) electrons. The van der Waals surface area contributed by atoms with Crippen molar-refractivity contribution in [2.24, 2.45) is 11.8 Å². The third-order valence-electron chi connectivity index (χ3n) is 9.02. The summed E-state index contributed by atoms with van der Waals surface area (Å²) in [6.07, 6.45) is 3.99. The number of likely N-dealkylation sites (N-methyl/N-ethyl adjacent to an activating group) is 2. The number of nitrogens with one attached hydrogen (secondary N) is 2. The second-order valence-electron chi connectivity index (χ2n) is 13.0. The highest BCUT2D eigenvalue weighted by Gasteiger charge is 2.42. The van der Waals surface area contributed by atoms with Gasteiger partial charge in [-0.25, -0.2) is 9.78 Å². The van der Waals surface area contributed by atoms with Crippen molar-refractivity contribution in [2.45, 2.75) is 96.0 Å². The number of ether oxygens (including phenoxy) is 1. The molecule has 0 bridgehead atoms. The lowest BCUT2D eigenvalue weighted by Gasteiger charge is -2.37. The van der Waals surface area contributed by atoms with E-state index in [9.17, 15) is 29.1 Å². The number of nitrogens with zero attached hydrogens (tertiary/aromatic N) is 3. The second-order valence-corrected chi connectivity index (χ2v) is 13.9. The zero-order chi connectivity index (χ0) is 34.2. The number of rotatable bonds is 15. The van der Waals surface area contributed by atoms with Gasteiger partial charge in [0.15, 0.2) is 6.10 Å². The quantitative estimate of drug-likeness (QED) is 0.242. The number of thiazole rings is 1. The summed E-state index contributed by atoms with van der Waals surface area (Å²) in [5.41, 5.74) is 0.772. The first-order valence-electron chi connectivity index (χ1n) is 16.3. The summed E-state index contributed by atoms with van der Waals surface area (Å²) in [5.74, 6) is -2.63. The molecule has 47 heavy (non-hydrogen) atoms. The Labute approximate surface area is 280 Å². The van der Waals surface area contributed by atoms with Gasteiger partial charge in [-0.15, -0.1) is 11.3 Å². The first-order chi connectivity index (χ1) is 22.3. The standard InChI is InChI=1S/C34H47N5O7S/c1-20(2)27(39(5)33(43)29(23-14-15-23)37-31(42)26-13-9-10-16-38(26)4)18-28(46-21(3)40)32-36-25(19-47-32)30(41)35-24(34(44)45)17-22-11-7-6-8-12-22/h6-8,11-12,19-20,23-24,26-29H,9-10,13-18H2,1-5H3,(H,35,41)(H,37,42)(H,44,45)/t24-,26+,27+,28+,29-/m0/s1. The Morgan fingerprint density at radius 1 is 1.09 bits per heavy atom. The van der Waals surface area contributed by atoms with E-state index in [1.54, 1.807) is 36.2 Å². The van der Waals surface area contributed by atoms with E-state index < -0.39 is 36.0 Å². The Morgan fingerprint density at radius 3 is 2.38 bits per heavy atom. The Bertz CT molecular complexity index is 1410. The van der Waals surface area contributed by atoms with E-state index >= 15 is 0 Å². The Balaban J connectivity index is 1.47. The van der Waals surface area contributed by atoms with E-state index in [0.717, 1.165) is 55.5 Å². The molecule has 1 aromatic carbocycles. The van der Waals surface area contributed by atoms with Crippen LogP contribution in [0.15, 0.2) is 35.7 Å². The van der Waals surface area contributed by atoms with E-state index in [-0.39, 0.29) is 54.3 Å². The molecule has 2 fully saturated rings. The number of carboxylic acids is 1. The lowest BCUT2D eigenvalue weighted by molar-refractivity contribution is -0.149. The number of hydrogen-bond donors (Lipinski definition) is 3. The Morgan fingerprint density at radius 2 is 1.79 bits per heavy atom. The fraction of sp³-hybridized carbons (Fsp3) is 0.588. The molecule has 4 rings (SSSR count). The zero-order valence-corrected chi connectivity index (χ0v) is 28.6. The van der Waals surface area contributed by atoms with E-state index in [1.807, 2.05) is 31.9 Å². The predicted octanol–water partition coefficient (Wildman–Crippen LogP) is 3.43. The van der Waals surface area contributed by atoms with E-state index in [0.29, 0.717) is 5.01 Å². The molecule has 2 heterocycles. The molecule has 0 unspecified atom stereocenters. The van der Waals surface area contributed by atoms with Gasteiger partial charge < -0.3 is 25.4 Å². The van der Waals surface area contributed by atoms with Crippen LogP contribution >= 0.6 is 11.3 Å². The molecule has 2 aromatic rings. The van der Waals surface area contributed by atoms with Crippen molar-refractivity contribution in [3.8, 4) is 0 Å². The largest absolute Gasteiger partial charge is 0.480 e. The van der Waals surface area contributed by atoms with Crippen LogP contribution in [-0.2, 0) is 30.3 Å². The second kappa shape index (κ2) is 16.3. The highest BCUT2D eigenvalue weighted by molar-refractivity contribution is 7.09. The minimum atomic E-state index is -1.17. The smallest absolute Gasteiger partial charge is 0.326 e. The molecule has 2 aliphatic rings. The van der Waals surface area contributed by atoms with Gasteiger partial charge in [0.1, 0.15) is 22.8 Å². The van der Waals surface area contributed by atoms with Crippen molar-refractivity contribution in [2.75, 3.05) is 20.6 Å². The molecule has 0 spiro atoms. The van der Waals surface area contributed by atoms with Crippen molar-refractivity contribution in [1.82, 2.24) is 25.4 Å². The van der Waals surface area contributed by atoms with Crippen LogP contribution in [0.3, 0.4) is 0 Å². The van der Waals surface area contributed by atoms with Crippen molar-refractivity contribution in [3.63, 3.8) is 0 Å². The Kier molecular flexibility index (Phi) is 12.5. The van der Waals surface area contributed by atoms with Crippen LogP contribution in [0, 0.1) is 11.8 Å². The van der Waals surface area contributed by atoms with E-state index in [2.05, 4.69) is 15.6 Å². The maximum Gasteiger partial charge on any atom is 0.326 e. The first-order valence-corrected chi connectivity index (χ1v) is 17.2. The van der Waals surface area contributed by atoms with Crippen LogP contribution < -0.4 is 10.6 Å². The van der Waals surface area contributed by atoms with Gasteiger partial charge in [-0.05, 0) is 56.7 Å². The van der Waals surface area contributed by atoms with Gasteiger partial charge in [0.25, 0.3) is 5.91 Å². The van der Waals surface area contributed by atoms with Gasteiger partial charge in [-0.1, -0.05) is 50.6 Å². The third kappa shape index (κ3) is 9.83. The summed E-state index contributed by atoms with van der Waals surface area (Å²) in [5, 5.41) is 17.2. The van der Waals surface area contributed by atoms with Crippen molar-refractivity contribution < 1.29 is 33.8 Å². The number of carboxylic acid groups (broad SMARTS) is 1. The van der Waals surface area contributed by atoms with Crippen LogP contribution in [0.25, 0.3) is 0 Å². The van der Waals surface area contributed by atoms with Crippen LogP contribution in [0.1, 0.15) is 86.5 Å². The van der Waals surface area contributed by atoms with Crippen LogP contribution in [0.4, 0.5) is 0 Å². The van der Waals surface area contributed by atoms with Crippen LogP contribution in [0.5, 0.6) is 0 Å². The van der Waals surface area contributed by atoms with Crippen molar-refractivity contribution in [3.05, 3.63) is 52.0 Å². The number of amides is 3. The summed E-state index contributed by atoms with van der Waals surface area (Å²) < 4.78 is 5.68. The molecular formula is C34H47N5O7S. The van der Waals surface area contributed by atoms with Gasteiger partial charge in [-0.3, -0.25) is 24.1 Å². The number of carbonyl (C=O) groups excluding carboxylic acids is 4. The average Bonchev–Trinajstić information content (AvgIpc) is 3.75. The topological polar surface area (TPSA) is 158 Å². The van der Waals surface area contributed by atoms with Crippen molar-refractivity contribution >= 4 is 41.0 Å². The number of benzene rings is 1. The highest BCUT2D eigenvalue weighted by atomic mass is 32.1. The van der Waals surface area contributed by atoms with Gasteiger partial charge in [0, 0.05) is 38.2 Å². The van der Waals surface area contributed by atoms with Gasteiger partial charge in [0.05, 0.1) is 6.04 Å². The maximum absolute atomic E-state index is 14.0. The number of esters is 1. The van der Waals surface area contributed by atoms with Gasteiger partial charge in [0.2, 0.25) is 11.8 Å². The highest BCUT2D eigenvalue weighted by Crippen LogP contribution is 2.35. The molecule has 5 atom stereocenters. The van der Waals surface area contributed by atoms with Crippen LogP contribution in [0.2, 0.25) is 0 Å². The molecule has 1 aliphatic heterocycles. The SMILES string of the molecule is CC(=O)O[C@H](C[C@H](C(C)C)N(C)C(=O)[C@@H](NC(=O)[C@H]1CCCCN1C)C1CC1)c1nc(C(=O)N[C@@H](Cc2ccccc2)C(=O)O)cs1. The fourth-order valence-electron chi connectivity index (χ4n) is 6.17. The number of carbonyl (C=O) groups is 5. The molecule has 3 amide bonds. The number of likely N-dealkylation sites (tertiary alicyclic amines) is 1. The number of piperidine rings is 1. The molecule has 13 heteroatoms. The monoisotopic (exact) mass is 669 g/mol. The molecular weight excluding hydrogens is 622 g/mol. The molecule has 12 nitrogen and oxygen atoms in total. The number of aromatic nitrogens is 1. The summed E-state index contributed by atoms with van der Waals surface area (Å²) in [6, 6.07) is 6.56. The summed E-state index contributed by atoms with van der Waals surface area (Å²) >= 11 is 1.13. The first kappa shape index (κ1) is 36.0. The average molecular weight is 670 g/mol. The van der Waals surface area contributed by atoms with E-state index in [4.69, 9.17) is 4.74 Å². The molecule has 1 saturated carbocycles. The van der Waals surface area contributed by atoms with Gasteiger partial charge >= 0.3 is 11.9 Å². The van der Waals surface area contributed by atoms with Gasteiger partial charge in [-0.2, -0.15) is 0 Å². The molecule has 256 valence electrons.